The number of ether oxygens (including phenoxy) is 1. The monoisotopic (exact) mass is 309 g/mol. The molecular formula is C12H11N3O5S. The zero-order valence-corrected chi connectivity index (χ0v) is 11.7. The Kier molecular flexibility index (Phi) is 4.03. The molecule has 2 N–H and O–H groups in total. The van der Waals surface area contributed by atoms with Crippen molar-refractivity contribution in [2.75, 3.05) is 11.8 Å². The molecule has 0 fully saturated rings. The Bertz CT molecular complexity index is 762. The van der Waals surface area contributed by atoms with Gasteiger partial charge in [-0.2, -0.15) is 0 Å². The lowest BCUT2D eigenvalue weighted by Gasteiger charge is -2.11. The lowest BCUT2D eigenvalue weighted by molar-refractivity contribution is 0.0696. The molecule has 110 valence electrons. The minimum absolute atomic E-state index is 0.0701. The van der Waals surface area contributed by atoms with Gasteiger partial charge in [0.05, 0.1) is 30.8 Å². The van der Waals surface area contributed by atoms with Crippen LogP contribution < -0.4 is 9.46 Å². The largest absolute Gasteiger partial charge is 0.495 e. The van der Waals surface area contributed by atoms with Crippen molar-refractivity contribution in [2.24, 2.45) is 0 Å². The van der Waals surface area contributed by atoms with Gasteiger partial charge < -0.3 is 9.84 Å². The van der Waals surface area contributed by atoms with E-state index in [9.17, 15) is 13.2 Å². The molecule has 0 amide bonds. The smallest absolute Gasteiger partial charge is 0.335 e. The molecule has 0 bridgehead atoms. The number of sulfonamides is 1. The summed E-state index contributed by atoms with van der Waals surface area (Å²) in [6, 6.07) is 3.48. The third-order valence-corrected chi connectivity index (χ3v) is 3.93. The van der Waals surface area contributed by atoms with Gasteiger partial charge in [-0.05, 0) is 18.2 Å². The predicted octanol–water partition coefficient (Wildman–Crippen LogP) is 0.984. The number of anilines is 1. The van der Waals surface area contributed by atoms with Gasteiger partial charge in [0.25, 0.3) is 10.0 Å². The molecule has 0 aliphatic heterocycles. The van der Waals surface area contributed by atoms with Gasteiger partial charge in [-0.3, -0.25) is 4.72 Å². The normalized spacial score (nSPS) is 10.9. The number of nitrogens with zero attached hydrogens (tertiary/aromatic N) is 2. The van der Waals surface area contributed by atoms with E-state index in [0.717, 1.165) is 12.1 Å². The van der Waals surface area contributed by atoms with Crippen molar-refractivity contribution in [3.05, 3.63) is 42.5 Å². The number of methoxy groups -OCH3 is 1. The van der Waals surface area contributed by atoms with Crippen molar-refractivity contribution in [3.8, 4) is 5.75 Å². The summed E-state index contributed by atoms with van der Waals surface area (Å²) in [6.45, 7) is 0. The quantitative estimate of drug-likeness (QED) is 0.845. The first kappa shape index (κ1) is 14.7. The molecule has 0 spiro atoms. The Balaban J connectivity index is 2.42. The van der Waals surface area contributed by atoms with E-state index < -0.39 is 16.0 Å². The van der Waals surface area contributed by atoms with E-state index in [4.69, 9.17) is 9.84 Å². The van der Waals surface area contributed by atoms with Gasteiger partial charge >= 0.3 is 5.97 Å². The van der Waals surface area contributed by atoms with Crippen LogP contribution in [0.3, 0.4) is 0 Å². The van der Waals surface area contributed by atoms with Gasteiger partial charge in [0.1, 0.15) is 17.0 Å². The highest BCUT2D eigenvalue weighted by atomic mass is 32.2. The third-order valence-electron chi connectivity index (χ3n) is 2.51. The highest BCUT2D eigenvalue weighted by Gasteiger charge is 2.21. The molecule has 21 heavy (non-hydrogen) atoms. The van der Waals surface area contributed by atoms with E-state index in [-0.39, 0.29) is 21.9 Å². The van der Waals surface area contributed by atoms with Crippen LogP contribution >= 0.6 is 0 Å². The van der Waals surface area contributed by atoms with Crippen molar-refractivity contribution in [1.82, 2.24) is 9.97 Å². The van der Waals surface area contributed by atoms with Gasteiger partial charge in [0.2, 0.25) is 0 Å². The van der Waals surface area contributed by atoms with E-state index >= 15 is 0 Å². The predicted molar refractivity (Wildman–Crippen MR) is 72.8 cm³/mol. The lowest BCUT2D eigenvalue weighted by Crippen LogP contribution is -2.15. The SMILES string of the molecule is COc1cc(C(=O)O)ccc1S(=O)(=O)Nc1cncnc1. The summed E-state index contributed by atoms with van der Waals surface area (Å²) in [5.41, 5.74) is 0.107. The molecule has 0 aliphatic rings. The number of carboxylic acids is 1. The average Bonchev–Trinajstić information content (AvgIpc) is 2.47. The van der Waals surface area contributed by atoms with Crippen LogP contribution in [0.25, 0.3) is 0 Å². The number of aromatic carboxylic acids is 1. The molecule has 2 rings (SSSR count). The van der Waals surface area contributed by atoms with Gasteiger partial charge in [-0.1, -0.05) is 0 Å². The minimum Gasteiger partial charge on any atom is -0.495 e. The number of rotatable bonds is 5. The first-order chi connectivity index (χ1) is 9.94. The number of carboxylic acid groups (broad SMARTS) is 1. The van der Waals surface area contributed by atoms with Gasteiger partial charge in [-0.15, -0.1) is 0 Å². The second-order valence-corrected chi connectivity index (χ2v) is 5.55. The van der Waals surface area contributed by atoms with Crippen LogP contribution in [-0.2, 0) is 10.0 Å². The second-order valence-electron chi connectivity index (χ2n) is 3.90. The number of benzene rings is 1. The maximum atomic E-state index is 12.3. The second kappa shape index (κ2) is 5.75. The van der Waals surface area contributed by atoms with Crippen LogP contribution in [0.15, 0.2) is 41.8 Å². The zero-order valence-electron chi connectivity index (χ0n) is 10.8. The molecule has 0 radical (unpaired) electrons. The molecule has 0 aliphatic carbocycles. The van der Waals surface area contributed by atoms with Crippen LogP contribution in [0.4, 0.5) is 5.69 Å². The summed E-state index contributed by atoms with van der Waals surface area (Å²) in [4.78, 5) is 18.1. The zero-order chi connectivity index (χ0) is 15.5. The van der Waals surface area contributed by atoms with E-state index in [1.807, 2.05) is 0 Å². The van der Waals surface area contributed by atoms with E-state index in [2.05, 4.69) is 14.7 Å². The number of nitrogens with one attached hydrogen (secondary N) is 1. The Morgan fingerprint density at radius 2 is 1.95 bits per heavy atom. The van der Waals surface area contributed by atoms with Crippen LogP contribution in [0.5, 0.6) is 5.75 Å². The number of hydrogen-bond donors (Lipinski definition) is 2. The lowest BCUT2D eigenvalue weighted by atomic mass is 10.2. The van der Waals surface area contributed by atoms with Gasteiger partial charge in [-0.25, -0.2) is 23.2 Å². The Hall–Kier alpha value is -2.68. The van der Waals surface area contributed by atoms with Crippen LogP contribution in [0.2, 0.25) is 0 Å². The van der Waals surface area contributed by atoms with Crippen molar-refractivity contribution < 1.29 is 23.1 Å². The van der Waals surface area contributed by atoms with Crippen molar-refractivity contribution >= 4 is 21.7 Å². The summed E-state index contributed by atoms with van der Waals surface area (Å²) < 4.78 is 31.8. The van der Waals surface area contributed by atoms with Gasteiger partial charge in [0.15, 0.2) is 0 Å². The number of carbonyl (C=O) groups is 1. The molecule has 0 saturated carbocycles. The highest BCUT2D eigenvalue weighted by Crippen LogP contribution is 2.26. The molecule has 2 aromatic rings. The maximum absolute atomic E-state index is 12.3. The van der Waals surface area contributed by atoms with Crippen LogP contribution in [-0.4, -0.2) is 36.6 Å². The molecule has 0 unspecified atom stereocenters. The maximum Gasteiger partial charge on any atom is 0.335 e. The minimum atomic E-state index is -3.95. The fourth-order valence-corrected chi connectivity index (χ4v) is 2.76. The fraction of sp³-hybridized carbons (Fsp3) is 0.0833. The fourth-order valence-electron chi connectivity index (χ4n) is 1.58. The van der Waals surface area contributed by atoms with Crippen LogP contribution in [0.1, 0.15) is 10.4 Å². The Morgan fingerprint density at radius 3 is 2.52 bits per heavy atom. The van der Waals surface area contributed by atoms with E-state index in [1.54, 1.807) is 0 Å². The summed E-state index contributed by atoms with van der Waals surface area (Å²) in [5, 5.41) is 8.90. The summed E-state index contributed by atoms with van der Waals surface area (Å²) >= 11 is 0. The molecule has 0 atom stereocenters. The summed E-state index contributed by atoms with van der Waals surface area (Å²) in [5.74, 6) is -1.25. The standard InChI is InChI=1S/C12H11N3O5S/c1-20-10-4-8(12(16)17)2-3-11(10)21(18,19)15-9-5-13-7-14-6-9/h2-7,15H,1H3,(H,16,17). The molecule has 9 heteroatoms. The molecule has 0 saturated heterocycles. The molecular weight excluding hydrogens is 298 g/mol. The first-order valence-electron chi connectivity index (χ1n) is 5.63. The Labute approximate surface area is 120 Å². The highest BCUT2D eigenvalue weighted by molar-refractivity contribution is 7.92. The van der Waals surface area contributed by atoms with Crippen molar-refractivity contribution in [3.63, 3.8) is 0 Å². The Morgan fingerprint density at radius 1 is 1.29 bits per heavy atom. The topological polar surface area (TPSA) is 118 Å². The molecule has 1 heterocycles. The van der Waals surface area contributed by atoms with Gasteiger partial charge in [0, 0.05) is 0 Å². The van der Waals surface area contributed by atoms with E-state index in [0.29, 0.717) is 0 Å². The van der Waals surface area contributed by atoms with Crippen LogP contribution in [0, 0.1) is 0 Å². The number of aromatic nitrogens is 2. The summed E-state index contributed by atoms with van der Waals surface area (Å²) in [6.07, 6.45) is 3.85. The molecule has 1 aromatic heterocycles. The van der Waals surface area contributed by atoms with E-state index in [1.165, 1.54) is 31.9 Å². The average molecular weight is 309 g/mol. The first-order valence-corrected chi connectivity index (χ1v) is 7.11. The molecule has 8 nitrogen and oxygen atoms in total. The third kappa shape index (κ3) is 3.26. The summed E-state index contributed by atoms with van der Waals surface area (Å²) in [7, 11) is -2.69. The molecule has 1 aromatic carbocycles. The number of hydrogen-bond acceptors (Lipinski definition) is 6. The van der Waals surface area contributed by atoms with Crippen molar-refractivity contribution in [1.29, 1.82) is 0 Å². The van der Waals surface area contributed by atoms with Crippen molar-refractivity contribution in [2.45, 2.75) is 4.90 Å².